The van der Waals surface area contributed by atoms with Crippen LogP contribution in [0.25, 0.3) is 0 Å². The van der Waals surface area contributed by atoms with Gasteiger partial charge in [-0.3, -0.25) is 25.2 Å². The number of hydrazine groups is 1. The summed E-state index contributed by atoms with van der Waals surface area (Å²) in [5.41, 5.74) is 4.33. The van der Waals surface area contributed by atoms with Crippen LogP contribution in [0.5, 0.6) is 11.5 Å². The molecule has 0 unspecified atom stereocenters. The fourth-order valence-electron chi connectivity index (χ4n) is 1.56. The van der Waals surface area contributed by atoms with Crippen LogP contribution in [0.3, 0.4) is 0 Å². The van der Waals surface area contributed by atoms with Crippen LogP contribution in [0.1, 0.15) is 24.2 Å². The molecule has 0 heterocycles. The van der Waals surface area contributed by atoms with Crippen molar-refractivity contribution < 1.29 is 23.9 Å². The molecular formula is C14H19N3O5. The van der Waals surface area contributed by atoms with E-state index in [1.165, 1.54) is 20.3 Å². The van der Waals surface area contributed by atoms with E-state index in [2.05, 4.69) is 10.7 Å². The van der Waals surface area contributed by atoms with Crippen LogP contribution in [0, 0.1) is 0 Å². The zero-order valence-electron chi connectivity index (χ0n) is 12.9. The Balaban J connectivity index is 2.73. The van der Waals surface area contributed by atoms with Gasteiger partial charge in [0.1, 0.15) is 11.5 Å². The summed E-state index contributed by atoms with van der Waals surface area (Å²) in [6.07, 6.45) is 0. The molecule has 0 atom stereocenters. The van der Waals surface area contributed by atoms with E-state index in [0.717, 1.165) is 0 Å². The van der Waals surface area contributed by atoms with Crippen molar-refractivity contribution in [2.45, 2.75) is 19.9 Å². The molecule has 1 rings (SSSR count). The molecule has 0 saturated carbocycles. The quantitative estimate of drug-likeness (QED) is 0.536. The third-order valence-corrected chi connectivity index (χ3v) is 2.57. The topological polar surface area (TPSA) is 106 Å². The summed E-state index contributed by atoms with van der Waals surface area (Å²) in [6.45, 7) is 3.43. The third kappa shape index (κ3) is 4.65. The number of carbonyl (C=O) groups excluding carboxylic acids is 3. The molecule has 0 radical (unpaired) electrons. The maximum absolute atomic E-state index is 12.0. The predicted octanol–water partition coefficient (Wildman–Crippen LogP) is -0.0106. The molecule has 3 amide bonds. The van der Waals surface area contributed by atoms with Crippen molar-refractivity contribution in [3.8, 4) is 11.5 Å². The Morgan fingerprint density at radius 1 is 1.00 bits per heavy atom. The number of amides is 3. The fraction of sp³-hybridized carbons (Fsp3) is 0.357. The number of benzene rings is 1. The lowest BCUT2D eigenvalue weighted by atomic mass is 10.2. The minimum atomic E-state index is -0.969. The van der Waals surface area contributed by atoms with Crippen LogP contribution in [0.2, 0.25) is 0 Å². The summed E-state index contributed by atoms with van der Waals surface area (Å²) in [5.74, 6) is -1.69. The molecule has 8 heteroatoms. The number of hydrogen-bond acceptors (Lipinski definition) is 5. The van der Waals surface area contributed by atoms with Crippen molar-refractivity contribution in [2.24, 2.45) is 0 Å². The van der Waals surface area contributed by atoms with Gasteiger partial charge in [-0.25, -0.2) is 0 Å². The second kappa shape index (κ2) is 7.87. The number of hydrogen-bond donors (Lipinski definition) is 3. The SMILES string of the molecule is COc1ccc(OC)c(C(=O)NNC(=O)C(=O)NC(C)C)c1. The highest BCUT2D eigenvalue weighted by molar-refractivity contribution is 6.35. The van der Waals surface area contributed by atoms with E-state index in [1.54, 1.807) is 26.0 Å². The number of nitrogens with one attached hydrogen (secondary N) is 3. The predicted molar refractivity (Wildman–Crippen MR) is 78.4 cm³/mol. The van der Waals surface area contributed by atoms with E-state index in [-0.39, 0.29) is 11.6 Å². The molecule has 0 aliphatic heterocycles. The molecule has 0 bridgehead atoms. The van der Waals surface area contributed by atoms with Gasteiger partial charge in [0.05, 0.1) is 19.8 Å². The molecule has 3 N–H and O–H groups in total. The number of methoxy groups -OCH3 is 2. The molecule has 0 aliphatic carbocycles. The number of rotatable bonds is 4. The second-order valence-corrected chi connectivity index (χ2v) is 4.60. The van der Waals surface area contributed by atoms with E-state index in [9.17, 15) is 14.4 Å². The molecule has 1 aromatic rings. The lowest BCUT2D eigenvalue weighted by Crippen LogP contribution is -2.49. The minimum Gasteiger partial charge on any atom is -0.497 e. The van der Waals surface area contributed by atoms with Crippen LogP contribution in [-0.2, 0) is 9.59 Å². The molecular weight excluding hydrogens is 290 g/mol. The number of ether oxygens (including phenoxy) is 2. The van der Waals surface area contributed by atoms with Crippen LogP contribution in [-0.4, -0.2) is 38.0 Å². The van der Waals surface area contributed by atoms with Crippen LogP contribution < -0.4 is 25.6 Å². The van der Waals surface area contributed by atoms with Gasteiger partial charge in [0.15, 0.2) is 0 Å². The van der Waals surface area contributed by atoms with Gasteiger partial charge in [0, 0.05) is 6.04 Å². The van der Waals surface area contributed by atoms with Crippen molar-refractivity contribution in [1.29, 1.82) is 0 Å². The molecule has 120 valence electrons. The van der Waals surface area contributed by atoms with Gasteiger partial charge < -0.3 is 14.8 Å². The molecule has 1 aromatic carbocycles. The largest absolute Gasteiger partial charge is 0.497 e. The first-order chi connectivity index (χ1) is 10.4. The van der Waals surface area contributed by atoms with Crippen molar-refractivity contribution in [2.75, 3.05) is 14.2 Å². The molecule has 0 fully saturated rings. The Labute approximate surface area is 128 Å². The van der Waals surface area contributed by atoms with E-state index < -0.39 is 17.7 Å². The summed E-state index contributed by atoms with van der Waals surface area (Å²) < 4.78 is 10.1. The Kier molecular flexibility index (Phi) is 6.18. The molecule has 8 nitrogen and oxygen atoms in total. The van der Waals surface area contributed by atoms with E-state index in [0.29, 0.717) is 11.5 Å². The Hall–Kier alpha value is -2.77. The molecule has 0 saturated heterocycles. The summed E-state index contributed by atoms with van der Waals surface area (Å²) in [6, 6.07) is 4.45. The zero-order chi connectivity index (χ0) is 16.7. The van der Waals surface area contributed by atoms with Gasteiger partial charge in [-0.1, -0.05) is 0 Å². The van der Waals surface area contributed by atoms with Crippen molar-refractivity contribution in [3.05, 3.63) is 23.8 Å². The van der Waals surface area contributed by atoms with Crippen LogP contribution >= 0.6 is 0 Å². The van der Waals surface area contributed by atoms with E-state index in [1.807, 2.05) is 5.43 Å². The highest BCUT2D eigenvalue weighted by Crippen LogP contribution is 2.23. The summed E-state index contributed by atoms with van der Waals surface area (Å²) in [5, 5.41) is 2.40. The lowest BCUT2D eigenvalue weighted by Gasteiger charge is -2.12. The second-order valence-electron chi connectivity index (χ2n) is 4.60. The average molecular weight is 309 g/mol. The lowest BCUT2D eigenvalue weighted by molar-refractivity contribution is -0.139. The van der Waals surface area contributed by atoms with Crippen LogP contribution in [0.4, 0.5) is 0 Å². The Morgan fingerprint density at radius 2 is 1.68 bits per heavy atom. The van der Waals surface area contributed by atoms with Crippen molar-refractivity contribution >= 4 is 17.7 Å². The maximum Gasteiger partial charge on any atom is 0.327 e. The molecule has 0 aromatic heterocycles. The zero-order valence-corrected chi connectivity index (χ0v) is 12.9. The molecule has 0 spiro atoms. The van der Waals surface area contributed by atoms with E-state index in [4.69, 9.17) is 9.47 Å². The first kappa shape index (κ1) is 17.3. The smallest absolute Gasteiger partial charge is 0.327 e. The van der Waals surface area contributed by atoms with Gasteiger partial charge in [-0.2, -0.15) is 0 Å². The highest BCUT2D eigenvalue weighted by Gasteiger charge is 2.18. The average Bonchev–Trinajstić information content (AvgIpc) is 2.50. The summed E-state index contributed by atoms with van der Waals surface area (Å²) in [4.78, 5) is 35.0. The van der Waals surface area contributed by atoms with Gasteiger partial charge in [0.25, 0.3) is 5.91 Å². The first-order valence-electron chi connectivity index (χ1n) is 6.52. The standard InChI is InChI=1S/C14H19N3O5/c1-8(2)15-13(19)14(20)17-16-12(18)10-7-9(21-3)5-6-11(10)22-4/h5-8H,1-4H3,(H,15,19)(H,16,18)(H,17,20). The van der Waals surface area contributed by atoms with Crippen molar-refractivity contribution in [3.63, 3.8) is 0 Å². The summed E-state index contributed by atoms with van der Waals surface area (Å²) >= 11 is 0. The minimum absolute atomic E-state index is 0.159. The van der Waals surface area contributed by atoms with Crippen molar-refractivity contribution in [1.82, 2.24) is 16.2 Å². The van der Waals surface area contributed by atoms with Gasteiger partial charge in [-0.15, -0.1) is 0 Å². The fourth-order valence-corrected chi connectivity index (χ4v) is 1.56. The monoisotopic (exact) mass is 309 g/mol. The third-order valence-electron chi connectivity index (χ3n) is 2.57. The first-order valence-corrected chi connectivity index (χ1v) is 6.52. The highest BCUT2D eigenvalue weighted by atomic mass is 16.5. The number of carbonyl (C=O) groups is 3. The maximum atomic E-state index is 12.0. The normalized spacial score (nSPS) is 9.86. The Morgan fingerprint density at radius 3 is 2.23 bits per heavy atom. The summed E-state index contributed by atoms with van der Waals surface area (Å²) in [7, 11) is 2.87. The Bertz CT molecular complexity index is 572. The van der Waals surface area contributed by atoms with Gasteiger partial charge >= 0.3 is 11.8 Å². The van der Waals surface area contributed by atoms with Gasteiger partial charge in [0.2, 0.25) is 0 Å². The van der Waals surface area contributed by atoms with Crippen LogP contribution in [0.15, 0.2) is 18.2 Å². The molecule has 22 heavy (non-hydrogen) atoms. The van der Waals surface area contributed by atoms with E-state index >= 15 is 0 Å². The van der Waals surface area contributed by atoms with Gasteiger partial charge in [-0.05, 0) is 32.0 Å². The molecule has 0 aliphatic rings.